The molecule has 2 N–H and O–H groups in total. The maximum absolute atomic E-state index is 13.8. The van der Waals surface area contributed by atoms with Crippen molar-refractivity contribution in [3.8, 4) is 0 Å². The summed E-state index contributed by atoms with van der Waals surface area (Å²) >= 11 is 0. The zero-order valence-electron chi connectivity index (χ0n) is 21.1. The number of carbonyl (C=O) groups is 2. The summed E-state index contributed by atoms with van der Waals surface area (Å²) in [5.41, 5.74) is 7.23. The Morgan fingerprint density at radius 2 is 1.28 bits per heavy atom. The molecule has 182 valence electrons. The SMILES string of the molecule is CN(C)c1ccc(NC2=CCCC3=C2C(=O)c2cccc(Nc4ccc(N(C)C)cc4)c2C3=O)cc1. The molecule has 0 spiro atoms. The number of rotatable bonds is 6. The molecule has 0 radical (unpaired) electrons. The number of nitrogens with zero attached hydrogens (tertiary/aromatic N) is 2. The van der Waals surface area contributed by atoms with E-state index < -0.39 is 0 Å². The van der Waals surface area contributed by atoms with E-state index >= 15 is 0 Å². The van der Waals surface area contributed by atoms with Gasteiger partial charge in [0.25, 0.3) is 0 Å². The molecule has 3 aromatic rings. The van der Waals surface area contributed by atoms with Crippen molar-refractivity contribution >= 4 is 40.0 Å². The Balaban J connectivity index is 1.46. The van der Waals surface area contributed by atoms with Crippen molar-refractivity contribution in [1.29, 1.82) is 0 Å². The summed E-state index contributed by atoms with van der Waals surface area (Å²) < 4.78 is 0. The van der Waals surface area contributed by atoms with Crippen molar-refractivity contribution in [2.24, 2.45) is 0 Å². The topological polar surface area (TPSA) is 64.7 Å². The van der Waals surface area contributed by atoms with Crippen LogP contribution in [0.1, 0.15) is 33.6 Å². The van der Waals surface area contributed by atoms with E-state index in [1.165, 1.54) is 0 Å². The number of ketones is 2. The van der Waals surface area contributed by atoms with Crippen LogP contribution in [0.25, 0.3) is 0 Å². The number of hydrogen-bond acceptors (Lipinski definition) is 6. The summed E-state index contributed by atoms with van der Waals surface area (Å²) in [5, 5.41) is 6.75. The Morgan fingerprint density at radius 3 is 1.86 bits per heavy atom. The van der Waals surface area contributed by atoms with Gasteiger partial charge in [0.1, 0.15) is 0 Å². The number of hydrogen-bond donors (Lipinski definition) is 2. The minimum atomic E-state index is -0.116. The van der Waals surface area contributed by atoms with Gasteiger partial charge in [-0.2, -0.15) is 0 Å². The van der Waals surface area contributed by atoms with Gasteiger partial charge >= 0.3 is 0 Å². The molecule has 0 saturated carbocycles. The second-order valence-corrected chi connectivity index (χ2v) is 9.53. The third kappa shape index (κ3) is 4.26. The summed E-state index contributed by atoms with van der Waals surface area (Å²) in [7, 11) is 7.97. The molecular formula is C30H30N4O2. The molecular weight excluding hydrogens is 448 g/mol. The maximum atomic E-state index is 13.8. The van der Waals surface area contributed by atoms with Crippen LogP contribution in [-0.2, 0) is 0 Å². The Labute approximate surface area is 211 Å². The second-order valence-electron chi connectivity index (χ2n) is 9.53. The van der Waals surface area contributed by atoms with Gasteiger partial charge in [0.2, 0.25) is 0 Å². The standard InChI is InChI=1S/C30H30N4O2/c1-33(2)21-15-11-19(12-16-21)31-25-9-5-7-23-27(25)29(35)24-8-6-10-26(28(24)30(23)36)32-20-13-17-22(18-14-20)34(3)4/h5,7,9-18,31-32H,6,8H2,1-4H3. The van der Waals surface area contributed by atoms with Gasteiger partial charge in [-0.25, -0.2) is 0 Å². The average Bonchev–Trinajstić information content (AvgIpc) is 2.88. The molecule has 0 bridgehead atoms. The molecule has 0 atom stereocenters. The predicted molar refractivity (Wildman–Crippen MR) is 148 cm³/mol. The first kappa shape index (κ1) is 23.4. The fraction of sp³-hybridized carbons (Fsp3) is 0.200. The molecule has 5 rings (SSSR count). The van der Waals surface area contributed by atoms with Crippen LogP contribution in [0.15, 0.2) is 89.6 Å². The normalized spacial score (nSPS) is 14.6. The van der Waals surface area contributed by atoms with E-state index in [2.05, 4.69) is 10.6 Å². The van der Waals surface area contributed by atoms with Gasteiger partial charge in [-0.1, -0.05) is 18.2 Å². The molecule has 6 heteroatoms. The van der Waals surface area contributed by atoms with Crippen LogP contribution in [0.4, 0.5) is 28.4 Å². The number of fused-ring (bicyclic) bond motifs is 1. The van der Waals surface area contributed by atoms with Gasteiger partial charge in [-0.05, 0) is 67.4 Å². The fourth-order valence-electron chi connectivity index (χ4n) is 4.72. The highest BCUT2D eigenvalue weighted by Crippen LogP contribution is 2.39. The fourth-order valence-corrected chi connectivity index (χ4v) is 4.72. The zero-order chi connectivity index (χ0) is 25.4. The number of carbonyl (C=O) groups excluding carboxylic acids is 2. The monoisotopic (exact) mass is 478 g/mol. The molecule has 2 aliphatic rings. The van der Waals surface area contributed by atoms with Crippen LogP contribution in [0, 0.1) is 0 Å². The summed E-state index contributed by atoms with van der Waals surface area (Å²) in [6.07, 6.45) is 3.27. The van der Waals surface area contributed by atoms with Crippen LogP contribution >= 0.6 is 0 Å². The molecule has 0 unspecified atom stereocenters. The van der Waals surface area contributed by atoms with Crippen LogP contribution in [-0.4, -0.2) is 39.8 Å². The lowest BCUT2D eigenvalue weighted by Gasteiger charge is -2.28. The quantitative estimate of drug-likeness (QED) is 0.451. The second kappa shape index (κ2) is 9.38. The first-order valence-corrected chi connectivity index (χ1v) is 12.1. The van der Waals surface area contributed by atoms with Crippen molar-refractivity contribution in [2.75, 3.05) is 48.6 Å². The molecule has 36 heavy (non-hydrogen) atoms. The van der Waals surface area contributed by atoms with Crippen molar-refractivity contribution in [3.63, 3.8) is 0 Å². The molecule has 3 aromatic carbocycles. The number of Topliss-reactive ketones (excluding diaryl/α,β-unsaturated/α-hetero) is 2. The van der Waals surface area contributed by atoms with E-state index in [1.807, 2.05) is 105 Å². The van der Waals surface area contributed by atoms with Crippen molar-refractivity contribution < 1.29 is 9.59 Å². The van der Waals surface area contributed by atoms with Crippen molar-refractivity contribution in [3.05, 3.63) is 101 Å². The van der Waals surface area contributed by atoms with Gasteiger partial charge in [0.15, 0.2) is 11.6 Å². The van der Waals surface area contributed by atoms with E-state index in [4.69, 9.17) is 0 Å². The van der Waals surface area contributed by atoms with Gasteiger partial charge in [-0.15, -0.1) is 0 Å². The molecule has 0 heterocycles. The van der Waals surface area contributed by atoms with E-state index in [-0.39, 0.29) is 11.6 Å². The number of anilines is 5. The maximum Gasteiger partial charge on any atom is 0.196 e. The van der Waals surface area contributed by atoms with Crippen LogP contribution in [0.3, 0.4) is 0 Å². The third-order valence-corrected chi connectivity index (χ3v) is 6.68. The molecule has 0 aromatic heterocycles. The number of benzene rings is 3. The highest BCUT2D eigenvalue weighted by Gasteiger charge is 2.36. The zero-order valence-corrected chi connectivity index (χ0v) is 21.1. The van der Waals surface area contributed by atoms with Crippen LogP contribution in [0.5, 0.6) is 0 Å². The lowest BCUT2D eigenvalue weighted by Crippen LogP contribution is -2.27. The van der Waals surface area contributed by atoms with Crippen LogP contribution < -0.4 is 20.4 Å². The van der Waals surface area contributed by atoms with E-state index in [0.29, 0.717) is 46.5 Å². The molecule has 0 fully saturated rings. The molecule has 0 saturated heterocycles. The van der Waals surface area contributed by atoms with Crippen LogP contribution in [0.2, 0.25) is 0 Å². The Morgan fingerprint density at radius 1 is 0.694 bits per heavy atom. The van der Waals surface area contributed by atoms with E-state index in [1.54, 1.807) is 6.07 Å². The lowest BCUT2D eigenvalue weighted by molar-refractivity contribution is 0.0973. The summed E-state index contributed by atoms with van der Waals surface area (Å²) in [4.78, 5) is 31.6. The first-order valence-electron chi connectivity index (χ1n) is 12.1. The summed E-state index contributed by atoms with van der Waals surface area (Å²) in [6, 6.07) is 21.4. The van der Waals surface area contributed by atoms with E-state index in [9.17, 15) is 9.59 Å². The molecule has 0 amide bonds. The average molecular weight is 479 g/mol. The highest BCUT2D eigenvalue weighted by atomic mass is 16.1. The highest BCUT2D eigenvalue weighted by molar-refractivity contribution is 6.30. The number of nitrogens with one attached hydrogen (secondary N) is 2. The largest absolute Gasteiger partial charge is 0.378 e. The van der Waals surface area contributed by atoms with Crippen molar-refractivity contribution in [1.82, 2.24) is 0 Å². The van der Waals surface area contributed by atoms with Crippen molar-refractivity contribution in [2.45, 2.75) is 12.8 Å². The van der Waals surface area contributed by atoms with Gasteiger partial charge in [0, 0.05) is 67.8 Å². The lowest BCUT2D eigenvalue weighted by atomic mass is 9.78. The predicted octanol–water partition coefficient (Wildman–Crippen LogP) is 6.03. The molecule has 6 nitrogen and oxygen atoms in total. The summed E-state index contributed by atoms with van der Waals surface area (Å²) in [6.45, 7) is 0. The smallest absolute Gasteiger partial charge is 0.196 e. The summed E-state index contributed by atoms with van der Waals surface area (Å²) in [5.74, 6) is -0.197. The minimum absolute atomic E-state index is 0.0806. The third-order valence-electron chi connectivity index (χ3n) is 6.68. The molecule has 2 aliphatic carbocycles. The Bertz CT molecular complexity index is 1400. The molecule has 0 aliphatic heterocycles. The van der Waals surface area contributed by atoms with E-state index in [0.717, 1.165) is 22.7 Å². The number of allylic oxidation sites excluding steroid dienone is 3. The van der Waals surface area contributed by atoms with Gasteiger partial charge in [-0.3, -0.25) is 9.59 Å². The van der Waals surface area contributed by atoms with Gasteiger partial charge in [0.05, 0.1) is 16.8 Å². The Kier molecular flexibility index (Phi) is 6.10. The minimum Gasteiger partial charge on any atom is -0.378 e. The van der Waals surface area contributed by atoms with Gasteiger partial charge < -0.3 is 20.4 Å². The first-order chi connectivity index (χ1) is 17.3. The Hall–Kier alpha value is -4.32.